The van der Waals surface area contributed by atoms with E-state index in [0.29, 0.717) is 11.4 Å². The van der Waals surface area contributed by atoms with Crippen LogP contribution in [0, 0.1) is 12.8 Å². The highest BCUT2D eigenvalue weighted by Crippen LogP contribution is 2.24. The molecule has 0 saturated carbocycles. The van der Waals surface area contributed by atoms with Crippen molar-refractivity contribution < 1.29 is 13.2 Å². The average molecular weight is 380 g/mol. The number of nitrogens with zero attached hydrogens (tertiary/aromatic N) is 2. The summed E-state index contributed by atoms with van der Waals surface area (Å²) in [6.45, 7) is 4.66. The maximum absolute atomic E-state index is 12.9. The number of carbonyl (C=O) groups excluding carboxylic acids is 1. The number of hydrogen-bond acceptors (Lipinski definition) is 4. The minimum absolute atomic E-state index is 0.00311. The number of sulfonamides is 1. The zero-order chi connectivity index (χ0) is 18.7. The number of benzene rings is 1. The van der Waals surface area contributed by atoms with E-state index in [0.717, 1.165) is 44.3 Å². The molecule has 3 rings (SSSR count). The maximum Gasteiger partial charge on any atom is 0.243 e. The average Bonchev–Trinajstić information content (AvgIpc) is 2.64. The molecule has 2 aliphatic heterocycles. The van der Waals surface area contributed by atoms with Crippen LogP contribution in [-0.2, 0) is 14.8 Å². The summed E-state index contributed by atoms with van der Waals surface area (Å²) in [6.07, 6.45) is 3.38. The number of likely N-dealkylation sites (tertiary alicyclic amines) is 1. The van der Waals surface area contributed by atoms with Crippen LogP contribution < -0.4 is 5.32 Å². The molecule has 0 bridgehead atoms. The first-order valence-corrected chi connectivity index (χ1v) is 10.9. The number of amides is 1. The summed E-state index contributed by atoms with van der Waals surface area (Å²) in [5.41, 5.74) is 1.03. The van der Waals surface area contributed by atoms with E-state index in [4.69, 9.17) is 0 Å². The number of carbonyl (C=O) groups is 1. The van der Waals surface area contributed by atoms with Crippen LogP contribution in [0.5, 0.6) is 0 Å². The minimum Gasteiger partial charge on any atom is -0.353 e. The zero-order valence-electron chi connectivity index (χ0n) is 15.6. The van der Waals surface area contributed by atoms with Crippen molar-refractivity contribution in [2.45, 2.75) is 43.5 Å². The van der Waals surface area contributed by atoms with Gasteiger partial charge in [0.05, 0.1) is 10.8 Å². The molecule has 1 aromatic rings. The Labute approximate surface area is 156 Å². The summed E-state index contributed by atoms with van der Waals surface area (Å²) in [6, 6.07) is 7.12. The van der Waals surface area contributed by atoms with Crippen LogP contribution in [-0.4, -0.2) is 62.8 Å². The third kappa shape index (κ3) is 4.45. The lowest BCUT2D eigenvalue weighted by atomic mass is 9.97. The van der Waals surface area contributed by atoms with Gasteiger partial charge in [0.2, 0.25) is 15.9 Å². The minimum atomic E-state index is -3.54. The third-order valence-electron chi connectivity index (χ3n) is 5.48. The molecule has 2 saturated heterocycles. The van der Waals surface area contributed by atoms with E-state index in [-0.39, 0.29) is 24.4 Å². The second-order valence-corrected chi connectivity index (χ2v) is 9.54. The highest BCUT2D eigenvalue weighted by molar-refractivity contribution is 7.89. The van der Waals surface area contributed by atoms with Gasteiger partial charge in [0, 0.05) is 19.1 Å². The predicted octanol–water partition coefficient (Wildman–Crippen LogP) is 1.61. The van der Waals surface area contributed by atoms with Crippen molar-refractivity contribution in [3.63, 3.8) is 0 Å². The highest BCUT2D eigenvalue weighted by Gasteiger charge is 2.34. The molecule has 2 heterocycles. The zero-order valence-corrected chi connectivity index (χ0v) is 16.5. The number of hydrogen-bond donors (Lipinski definition) is 1. The summed E-state index contributed by atoms with van der Waals surface area (Å²) in [4.78, 5) is 15.2. The monoisotopic (exact) mass is 379 g/mol. The van der Waals surface area contributed by atoms with Crippen molar-refractivity contribution >= 4 is 15.9 Å². The second-order valence-electron chi connectivity index (χ2n) is 7.60. The van der Waals surface area contributed by atoms with Gasteiger partial charge in [-0.1, -0.05) is 17.7 Å². The van der Waals surface area contributed by atoms with Gasteiger partial charge in [-0.25, -0.2) is 8.42 Å². The topological polar surface area (TPSA) is 69.7 Å². The Hall–Kier alpha value is -1.44. The lowest BCUT2D eigenvalue weighted by Crippen LogP contribution is -2.49. The van der Waals surface area contributed by atoms with E-state index in [1.54, 1.807) is 24.3 Å². The Morgan fingerprint density at radius 3 is 2.38 bits per heavy atom. The van der Waals surface area contributed by atoms with Crippen molar-refractivity contribution in [3.05, 3.63) is 29.8 Å². The van der Waals surface area contributed by atoms with Gasteiger partial charge in [-0.05, 0) is 64.9 Å². The van der Waals surface area contributed by atoms with Gasteiger partial charge < -0.3 is 10.2 Å². The molecule has 26 heavy (non-hydrogen) atoms. The number of nitrogens with one attached hydrogen (secondary N) is 1. The highest BCUT2D eigenvalue weighted by atomic mass is 32.2. The number of aryl methyl sites for hydroxylation is 1. The molecule has 6 nitrogen and oxygen atoms in total. The van der Waals surface area contributed by atoms with Gasteiger partial charge in [-0.2, -0.15) is 4.31 Å². The lowest BCUT2D eigenvalue weighted by Gasteiger charge is -2.34. The van der Waals surface area contributed by atoms with E-state index in [1.807, 2.05) is 6.92 Å². The van der Waals surface area contributed by atoms with E-state index < -0.39 is 10.0 Å². The predicted molar refractivity (Wildman–Crippen MR) is 101 cm³/mol. The van der Waals surface area contributed by atoms with Crippen molar-refractivity contribution in [1.29, 1.82) is 0 Å². The largest absolute Gasteiger partial charge is 0.353 e. The van der Waals surface area contributed by atoms with E-state index >= 15 is 0 Å². The molecule has 7 heteroatoms. The van der Waals surface area contributed by atoms with E-state index in [2.05, 4.69) is 17.3 Å². The van der Waals surface area contributed by atoms with Crippen LogP contribution in [0.1, 0.15) is 31.2 Å². The molecular formula is C19H29N3O3S. The van der Waals surface area contributed by atoms with Crippen molar-refractivity contribution in [2.75, 3.05) is 33.2 Å². The molecule has 1 unspecified atom stereocenters. The molecule has 0 radical (unpaired) electrons. The van der Waals surface area contributed by atoms with E-state index in [9.17, 15) is 13.2 Å². The van der Waals surface area contributed by atoms with E-state index in [1.165, 1.54) is 4.31 Å². The smallest absolute Gasteiger partial charge is 0.243 e. The molecule has 1 N–H and O–H groups in total. The van der Waals surface area contributed by atoms with Gasteiger partial charge in [0.1, 0.15) is 0 Å². The summed E-state index contributed by atoms with van der Waals surface area (Å²) in [5, 5.41) is 3.14. The molecule has 1 amide bonds. The van der Waals surface area contributed by atoms with Crippen LogP contribution in [0.25, 0.3) is 0 Å². The summed E-state index contributed by atoms with van der Waals surface area (Å²) < 4.78 is 27.2. The fourth-order valence-corrected chi connectivity index (χ4v) is 5.23. The van der Waals surface area contributed by atoms with Crippen LogP contribution in [0.15, 0.2) is 29.2 Å². The number of piperidine rings is 2. The molecule has 1 atom stereocenters. The molecule has 0 spiro atoms. The first-order chi connectivity index (χ1) is 12.4. The molecule has 144 valence electrons. The fourth-order valence-electron chi connectivity index (χ4n) is 3.71. The molecule has 0 aromatic heterocycles. The van der Waals surface area contributed by atoms with Gasteiger partial charge in [0.25, 0.3) is 0 Å². The molecule has 0 aliphatic carbocycles. The van der Waals surface area contributed by atoms with Gasteiger partial charge >= 0.3 is 0 Å². The Kier molecular flexibility index (Phi) is 5.99. The molecular weight excluding hydrogens is 350 g/mol. The Balaban J connectivity index is 1.63. The molecule has 2 aliphatic rings. The standard InChI is InChI=1S/C19H29N3O3S/c1-15-5-7-18(8-6-15)26(24,25)22-11-3-4-16(14-22)19(23)20-17-9-12-21(2)13-10-17/h5-8,16-17H,3-4,9-14H2,1-2H3,(H,20,23). The first-order valence-electron chi connectivity index (χ1n) is 9.42. The summed E-state index contributed by atoms with van der Waals surface area (Å²) in [5.74, 6) is -0.257. The van der Waals surface area contributed by atoms with Crippen LogP contribution in [0.3, 0.4) is 0 Å². The van der Waals surface area contributed by atoms with Gasteiger partial charge in [0.15, 0.2) is 0 Å². The van der Waals surface area contributed by atoms with Crippen LogP contribution in [0.4, 0.5) is 0 Å². The number of rotatable bonds is 4. The Morgan fingerprint density at radius 1 is 1.08 bits per heavy atom. The van der Waals surface area contributed by atoms with Crippen molar-refractivity contribution in [2.24, 2.45) is 5.92 Å². The fraction of sp³-hybridized carbons (Fsp3) is 0.632. The maximum atomic E-state index is 12.9. The van der Waals surface area contributed by atoms with Crippen molar-refractivity contribution in [1.82, 2.24) is 14.5 Å². The first kappa shape index (κ1) is 19.3. The van der Waals surface area contributed by atoms with Crippen molar-refractivity contribution in [3.8, 4) is 0 Å². The van der Waals surface area contributed by atoms with Crippen LogP contribution >= 0.6 is 0 Å². The summed E-state index contributed by atoms with van der Waals surface area (Å²) >= 11 is 0. The Bertz CT molecular complexity index is 725. The third-order valence-corrected chi connectivity index (χ3v) is 7.36. The molecule has 2 fully saturated rings. The molecule has 1 aromatic carbocycles. The second kappa shape index (κ2) is 8.06. The lowest BCUT2D eigenvalue weighted by molar-refractivity contribution is -0.127. The summed E-state index contributed by atoms with van der Waals surface area (Å²) in [7, 11) is -1.45. The van der Waals surface area contributed by atoms with Gasteiger partial charge in [-0.15, -0.1) is 0 Å². The normalized spacial score (nSPS) is 23.7. The quantitative estimate of drug-likeness (QED) is 0.863. The Morgan fingerprint density at radius 2 is 1.73 bits per heavy atom. The van der Waals surface area contributed by atoms with Gasteiger partial charge in [-0.3, -0.25) is 4.79 Å². The van der Waals surface area contributed by atoms with Crippen LogP contribution in [0.2, 0.25) is 0 Å². The SMILES string of the molecule is Cc1ccc(S(=O)(=O)N2CCCC(C(=O)NC3CCN(C)CC3)C2)cc1.